The summed E-state index contributed by atoms with van der Waals surface area (Å²) in [5.41, 5.74) is 8.69. The zero-order valence-electron chi connectivity index (χ0n) is 7.83. The van der Waals surface area contributed by atoms with E-state index >= 15 is 0 Å². The number of thioether (sulfide) groups is 1. The Hall–Kier alpha value is -0.960. The molecule has 1 aromatic carbocycles. The van der Waals surface area contributed by atoms with Crippen LogP contribution < -0.4 is 5.73 Å². The number of hydrogen-bond acceptors (Lipinski definition) is 3. The average Bonchev–Trinajstić information content (AvgIpc) is 2.07. The highest BCUT2D eigenvalue weighted by atomic mass is 32.2. The second-order valence-electron chi connectivity index (χ2n) is 2.97. The molecule has 0 fully saturated rings. The lowest BCUT2D eigenvalue weighted by Crippen LogP contribution is -1.91. The van der Waals surface area contributed by atoms with Crippen LogP contribution in [0.5, 0.6) is 0 Å². The fourth-order valence-corrected chi connectivity index (χ4v) is 1.56. The highest BCUT2D eigenvalue weighted by Gasteiger charge is 1.99. The van der Waals surface area contributed by atoms with Gasteiger partial charge in [0.15, 0.2) is 5.12 Å². The molecule has 0 atom stereocenters. The van der Waals surface area contributed by atoms with E-state index in [0.29, 0.717) is 0 Å². The zero-order chi connectivity index (χ0) is 9.84. The summed E-state index contributed by atoms with van der Waals surface area (Å²) < 4.78 is 0. The minimum atomic E-state index is 0.148. The predicted octanol–water partition coefficient (Wildman–Crippen LogP) is 2.36. The topological polar surface area (TPSA) is 43.1 Å². The normalized spacial score (nSPS) is 10.0. The first-order valence-corrected chi connectivity index (χ1v) is 5.06. The summed E-state index contributed by atoms with van der Waals surface area (Å²) in [5.74, 6) is 0.733. The molecule has 2 nitrogen and oxygen atoms in total. The number of carbonyl (C=O) groups excluding carboxylic acids is 1. The molecule has 0 aliphatic carbocycles. The van der Waals surface area contributed by atoms with E-state index in [-0.39, 0.29) is 5.12 Å². The van der Waals surface area contributed by atoms with Gasteiger partial charge in [0.2, 0.25) is 0 Å². The van der Waals surface area contributed by atoms with Crippen LogP contribution in [0.15, 0.2) is 18.2 Å². The lowest BCUT2D eigenvalue weighted by molar-refractivity contribution is -0.109. The smallest absolute Gasteiger partial charge is 0.186 e. The number of carbonyl (C=O) groups is 1. The van der Waals surface area contributed by atoms with Crippen LogP contribution in [0.1, 0.15) is 18.1 Å². The molecule has 0 saturated heterocycles. The second kappa shape index (κ2) is 4.33. The summed E-state index contributed by atoms with van der Waals surface area (Å²) in [5, 5.41) is 0.148. The minimum Gasteiger partial charge on any atom is -0.399 e. The van der Waals surface area contributed by atoms with Crippen molar-refractivity contribution in [3.05, 3.63) is 29.3 Å². The lowest BCUT2D eigenvalue weighted by Gasteiger charge is -2.03. The maximum Gasteiger partial charge on any atom is 0.186 e. The average molecular weight is 195 g/mol. The molecule has 0 unspecified atom stereocenters. The Bertz CT molecular complexity index is 323. The molecular weight excluding hydrogens is 182 g/mol. The molecule has 0 aliphatic rings. The van der Waals surface area contributed by atoms with Crippen LogP contribution in [0, 0.1) is 6.92 Å². The third-order valence-corrected chi connectivity index (χ3v) is 2.66. The van der Waals surface area contributed by atoms with E-state index in [2.05, 4.69) is 0 Å². The van der Waals surface area contributed by atoms with Gasteiger partial charge in [-0.15, -0.1) is 0 Å². The third kappa shape index (κ3) is 3.11. The summed E-state index contributed by atoms with van der Waals surface area (Å²) in [6, 6.07) is 5.86. The monoisotopic (exact) mass is 195 g/mol. The van der Waals surface area contributed by atoms with Crippen molar-refractivity contribution in [3.8, 4) is 0 Å². The van der Waals surface area contributed by atoms with Crippen molar-refractivity contribution in [2.45, 2.75) is 19.6 Å². The van der Waals surface area contributed by atoms with Crippen LogP contribution in [-0.2, 0) is 10.5 Å². The molecule has 0 amide bonds. The van der Waals surface area contributed by atoms with Gasteiger partial charge in [0, 0.05) is 18.4 Å². The molecule has 0 spiro atoms. The maximum atomic E-state index is 10.7. The summed E-state index contributed by atoms with van der Waals surface area (Å²) >= 11 is 1.32. The van der Waals surface area contributed by atoms with Crippen molar-refractivity contribution in [1.29, 1.82) is 0 Å². The highest BCUT2D eigenvalue weighted by molar-refractivity contribution is 8.12. The van der Waals surface area contributed by atoms with Gasteiger partial charge in [-0.25, -0.2) is 0 Å². The Morgan fingerprint density at radius 2 is 2.23 bits per heavy atom. The molecule has 1 aromatic rings. The Labute approximate surface area is 82.5 Å². The molecule has 0 aliphatic heterocycles. The van der Waals surface area contributed by atoms with Gasteiger partial charge in [-0.2, -0.15) is 0 Å². The van der Waals surface area contributed by atoms with E-state index in [1.54, 1.807) is 6.92 Å². The van der Waals surface area contributed by atoms with Gasteiger partial charge >= 0.3 is 0 Å². The number of hydrogen-bond donors (Lipinski definition) is 1. The van der Waals surface area contributed by atoms with Gasteiger partial charge in [-0.05, 0) is 24.1 Å². The minimum absolute atomic E-state index is 0.148. The number of anilines is 1. The first-order chi connectivity index (χ1) is 6.09. The number of rotatable bonds is 2. The molecule has 1 rings (SSSR count). The molecule has 3 heteroatoms. The van der Waals surface area contributed by atoms with E-state index in [0.717, 1.165) is 22.6 Å². The Balaban J connectivity index is 2.68. The summed E-state index contributed by atoms with van der Waals surface area (Å²) in [4.78, 5) is 10.7. The fraction of sp³-hybridized carbons (Fsp3) is 0.300. The van der Waals surface area contributed by atoms with Crippen LogP contribution in [0.25, 0.3) is 0 Å². The van der Waals surface area contributed by atoms with Gasteiger partial charge < -0.3 is 5.73 Å². The molecule has 70 valence electrons. The van der Waals surface area contributed by atoms with Crippen LogP contribution in [0.4, 0.5) is 5.69 Å². The zero-order valence-corrected chi connectivity index (χ0v) is 8.65. The predicted molar refractivity (Wildman–Crippen MR) is 57.6 cm³/mol. The largest absolute Gasteiger partial charge is 0.399 e. The van der Waals surface area contributed by atoms with Gasteiger partial charge in [-0.3, -0.25) is 4.79 Å². The number of aryl methyl sites for hydroxylation is 1. The SMILES string of the molecule is CC(=O)SCc1ccc(N)c(C)c1. The standard InChI is InChI=1S/C10H13NOS/c1-7-5-9(3-4-10(7)11)6-13-8(2)12/h3-5H,6,11H2,1-2H3. The quantitative estimate of drug-likeness (QED) is 0.737. The number of nitrogen functional groups attached to an aromatic ring is 1. The first-order valence-electron chi connectivity index (χ1n) is 4.08. The Morgan fingerprint density at radius 1 is 1.54 bits per heavy atom. The molecule has 2 N–H and O–H groups in total. The van der Waals surface area contributed by atoms with Crippen LogP contribution in [0.3, 0.4) is 0 Å². The summed E-state index contributed by atoms with van der Waals surface area (Å²) in [7, 11) is 0. The Morgan fingerprint density at radius 3 is 2.77 bits per heavy atom. The van der Waals surface area contributed by atoms with Gasteiger partial charge in [-0.1, -0.05) is 23.9 Å². The lowest BCUT2D eigenvalue weighted by atomic mass is 10.1. The fourth-order valence-electron chi connectivity index (χ4n) is 1.01. The van der Waals surface area contributed by atoms with Crippen LogP contribution in [-0.4, -0.2) is 5.12 Å². The van der Waals surface area contributed by atoms with E-state index in [4.69, 9.17) is 5.73 Å². The van der Waals surface area contributed by atoms with Gasteiger partial charge in [0.1, 0.15) is 0 Å². The van der Waals surface area contributed by atoms with Crippen LogP contribution in [0.2, 0.25) is 0 Å². The molecule has 0 radical (unpaired) electrons. The second-order valence-corrected chi connectivity index (χ2v) is 4.12. The Kier molecular flexibility index (Phi) is 3.37. The highest BCUT2D eigenvalue weighted by Crippen LogP contribution is 2.17. The van der Waals surface area contributed by atoms with Gasteiger partial charge in [0.25, 0.3) is 0 Å². The van der Waals surface area contributed by atoms with Crippen molar-refractivity contribution in [2.24, 2.45) is 0 Å². The van der Waals surface area contributed by atoms with Gasteiger partial charge in [0.05, 0.1) is 0 Å². The van der Waals surface area contributed by atoms with E-state index in [1.165, 1.54) is 11.8 Å². The molecule has 0 aromatic heterocycles. The van der Waals surface area contributed by atoms with Crippen molar-refractivity contribution in [3.63, 3.8) is 0 Å². The van der Waals surface area contributed by atoms with E-state index in [1.807, 2.05) is 25.1 Å². The number of benzene rings is 1. The first kappa shape index (κ1) is 10.1. The van der Waals surface area contributed by atoms with E-state index < -0.39 is 0 Å². The molecule has 0 heterocycles. The van der Waals surface area contributed by atoms with E-state index in [9.17, 15) is 4.79 Å². The summed E-state index contributed by atoms with van der Waals surface area (Å²) in [6.07, 6.45) is 0. The molecule has 13 heavy (non-hydrogen) atoms. The molecule has 0 saturated carbocycles. The third-order valence-electron chi connectivity index (χ3n) is 1.78. The van der Waals surface area contributed by atoms with Crippen molar-refractivity contribution in [2.75, 3.05) is 5.73 Å². The van der Waals surface area contributed by atoms with Crippen molar-refractivity contribution >= 4 is 22.6 Å². The van der Waals surface area contributed by atoms with Crippen LogP contribution >= 0.6 is 11.8 Å². The maximum absolute atomic E-state index is 10.7. The molecular formula is C10H13NOS. The van der Waals surface area contributed by atoms with Crippen molar-refractivity contribution < 1.29 is 4.79 Å². The molecule has 0 bridgehead atoms. The summed E-state index contributed by atoms with van der Waals surface area (Å²) in [6.45, 7) is 3.55. The number of nitrogens with two attached hydrogens (primary N) is 1. The van der Waals surface area contributed by atoms with Crippen molar-refractivity contribution in [1.82, 2.24) is 0 Å².